The molecule has 1 fully saturated rings. The van der Waals surface area contributed by atoms with Crippen molar-refractivity contribution in [3.63, 3.8) is 0 Å². The molecule has 1 aliphatic rings. The highest BCUT2D eigenvalue weighted by molar-refractivity contribution is 5.97. The Morgan fingerprint density at radius 2 is 2.24 bits per heavy atom. The van der Waals surface area contributed by atoms with Crippen molar-refractivity contribution in [1.29, 1.82) is 0 Å². The molecule has 0 saturated carbocycles. The third-order valence-electron chi connectivity index (χ3n) is 3.14. The van der Waals surface area contributed by atoms with Crippen LogP contribution in [0.3, 0.4) is 0 Å². The van der Waals surface area contributed by atoms with Gasteiger partial charge in [-0.3, -0.25) is 4.79 Å². The minimum absolute atomic E-state index is 0.0339. The Balaban J connectivity index is 2.11. The third kappa shape index (κ3) is 2.58. The van der Waals surface area contributed by atoms with E-state index in [-0.39, 0.29) is 11.8 Å². The highest BCUT2D eigenvalue weighted by Crippen LogP contribution is 2.24. The van der Waals surface area contributed by atoms with Gasteiger partial charge in [-0.15, -0.1) is 0 Å². The Labute approximate surface area is 101 Å². The van der Waals surface area contributed by atoms with Gasteiger partial charge in [0.25, 0.3) is 0 Å². The van der Waals surface area contributed by atoms with Gasteiger partial charge in [-0.2, -0.15) is 0 Å². The molecule has 2 rings (SSSR count). The molecule has 4 heteroatoms. The van der Waals surface area contributed by atoms with E-state index in [0.717, 1.165) is 25.1 Å². The first-order chi connectivity index (χ1) is 8.20. The number of nitrogens with zero attached hydrogens (tertiary/aromatic N) is 1. The van der Waals surface area contributed by atoms with Crippen molar-refractivity contribution < 1.29 is 9.53 Å². The maximum absolute atomic E-state index is 12.2. The van der Waals surface area contributed by atoms with Gasteiger partial charge in [-0.05, 0) is 25.0 Å². The van der Waals surface area contributed by atoms with Crippen molar-refractivity contribution in [1.82, 2.24) is 0 Å². The van der Waals surface area contributed by atoms with E-state index in [2.05, 4.69) is 0 Å². The SMILES string of the molecule is CN(C(=O)C1CCCOC1)c1ccccc1N. The lowest BCUT2D eigenvalue weighted by Gasteiger charge is -2.27. The van der Waals surface area contributed by atoms with Gasteiger partial charge in [0.05, 0.1) is 23.9 Å². The van der Waals surface area contributed by atoms with Crippen molar-refractivity contribution in [2.24, 2.45) is 5.92 Å². The number of hydrogen-bond acceptors (Lipinski definition) is 3. The fourth-order valence-corrected chi connectivity index (χ4v) is 2.12. The zero-order valence-corrected chi connectivity index (χ0v) is 10.1. The summed E-state index contributed by atoms with van der Waals surface area (Å²) in [7, 11) is 1.77. The summed E-state index contributed by atoms with van der Waals surface area (Å²) in [5, 5.41) is 0. The quantitative estimate of drug-likeness (QED) is 0.792. The Kier molecular flexibility index (Phi) is 3.64. The summed E-state index contributed by atoms with van der Waals surface area (Å²) in [4.78, 5) is 13.9. The summed E-state index contributed by atoms with van der Waals surface area (Å²) in [5.74, 6) is 0.0518. The molecule has 1 heterocycles. The van der Waals surface area contributed by atoms with E-state index in [1.54, 1.807) is 18.0 Å². The molecule has 1 aromatic rings. The molecule has 1 saturated heterocycles. The van der Waals surface area contributed by atoms with Crippen molar-refractivity contribution in [2.45, 2.75) is 12.8 Å². The Bertz CT molecular complexity index is 400. The zero-order chi connectivity index (χ0) is 12.3. The standard InChI is InChI=1S/C13H18N2O2/c1-15(12-7-3-2-6-11(12)14)13(16)10-5-4-8-17-9-10/h2-3,6-7,10H,4-5,8-9,14H2,1H3. The minimum atomic E-state index is -0.0339. The largest absolute Gasteiger partial charge is 0.397 e. The number of hydrogen-bond donors (Lipinski definition) is 1. The Morgan fingerprint density at radius 1 is 1.47 bits per heavy atom. The molecule has 1 aromatic carbocycles. The number of ether oxygens (including phenoxy) is 1. The topological polar surface area (TPSA) is 55.6 Å². The fourth-order valence-electron chi connectivity index (χ4n) is 2.12. The summed E-state index contributed by atoms with van der Waals surface area (Å²) in [5.41, 5.74) is 7.26. The zero-order valence-electron chi connectivity index (χ0n) is 10.1. The molecule has 0 aliphatic carbocycles. The lowest BCUT2D eigenvalue weighted by atomic mass is 10.0. The van der Waals surface area contributed by atoms with Crippen LogP contribution in [0.1, 0.15) is 12.8 Å². The van der Waals surface area contributed by atoms with Crippen molar-refractivity contribution >= 4 is 17.3 Å². The second-order valence-electron chi connectivity index (χ2n) is 4.37. The number of carbonyl (C=O) groups excluding carboxylic acids is 1. The molecular weight excluding hydrogens is 216 g/mol. The van der Waals surface area contributed by atoms with Gasteiger partial charge in [0, 0.05) is 13.7 Å². The van der Waals surface area contributed by atoms with E-state index in [1.165, 1.54) is 0 Å². The molecule has 0 aromatic heterocycles. The van der Waals surface area contributed by atoms with Gasteiger partial charge < -0.3 is 15.4 Å². The summed E-state index contributed by atoms with van der Waals surface area (Å²) in [6.07, 6.45) is 1.85. The number of nitrogens with two attached hydrogens (primary N) is 1. The van der Waals surface area contributed by atoms with E-state index < -0.39 is 0 Å². The lowest BCUT2D eigenvalue weighted by Crippen LogP contribution is -2.37. The number of anilines is 2. The molecule has 0 radical (unpaired) electrons. The first-order valence-electron chi connectivity index (χ1n) is 5.90. The second-order valence-corrected chi connectivity index (χ2v) is 4.37. The van der Waals surface area contributed by atoms with Crippen molar-refractivity contribution in [3.8, 4) is 0 Å². The first-order valence-corrected chi connectivity index (χ1v) is 5.90. The van der Waals surface area contributed by atoms with Gasteiger partial charge in [-0.1, -0.05) is 12.1 Å². The number of para-hydroxylation sites is 2. The lowest BCUT2D eigenvalue weighted by molar-refractivity contribution is -0.125. The van der Waals surface area contributed by atoms with Crippen LogP contribution in [-0.4, -0.2) is 26.2 Å². The number of carbonyl (C=O) groups is 1. The van der Waals surface area contributed by atoms with Gasteiger partial charge >= 0.3 is 0 Å². The van der Waals surface area contributed by atoms with Crippen LogP contribution in [0, 0.1) is 5.92 Å². The number of amides is 1. The molecule has 1 amide bonds. The van der Waals surface area contributed by atoms with Crippen LogP contribution in [0.25, 0.3) is 0 Å². The van der Waals surface area contributed by atoms with Crippen molar-refractivity contribution in [2.75, 3.05) is 30.9 Å². The number of benzene rings is 1. The maximum Gasteiger partial charge on any atom is 0.232 e. The summed E-state index contributed by atoms with van der Waals surface area (Å²) < 4.78 is 5.34. The van der Waals surface area contributed by atoms with Crippen LogP contribution >= 0.6 is 0 Å². The molecule has 1 aliphatic heterocycles. The molecule has 1 atom stereocenters. The number of nitrogen functional groups attached to an aromatic ring is 1. The second kappa shape index (κ2) is 5.19. The normalized spacial score (nSPS) is 19.9. The number of rotatable bonds is 2. The van der Waals surface area contributed by atoms with Crippen LogP contribution in [-0.2, 0) is 9.53 Å². The average Bonchev–Trinajstić information content (AvgIpc) is 2.39. The van der Waals surface area contributed by atoms with Crippen LogP contribution in [0.15, 0.2) is 24.3 Å². The van der Waals surface area contributed by atoms with E-state index in [1.807, 2.05) is 18.2 Å². The Hall–Kier alpha value is -1.55. The monoisotopic (exact) mass is 234 g/mol. The van der Waals surface area contributed by atoms with Gasteiger partial charge in [0.1, 0.15) is 0 Å². The predicted octanol–water partition coefficient (Wildman–Crippen LogP) is 1.66. The predicted molar refractivity (Wildman–Crippen MR) is 67.8 cm³/mol. The molecular formula is C13H18N2O2. The molecule has 0 bridgehead atoms. The molecule has 1 unspecified atom stereocenters. The van der Waals surface area contributed by atoms with E-state index in [9.17, 15) is 4.79 Å². The van der Waals surface area contributed by atoms with Gasteiger partial charge in [0.15, 0.2) is 0 Å². The van der Waals surface area contributed by atoms with E-state index in [4.69, 9.17) is 10.5 Å². The average molecular weight is 234 g/mol. The smallest absolute Gasteiger partial charge is 0.232 e. The summed E-state index contributed by atoms with van der Waals surface area (Å²) >= 11 is 0. The van der Waals surface area contributed by atoms with E-state index in [0.29, 0.717) is 12.3 Å². The van der Waals surface area contributed by atoms with Crippen LogP contribution in [0.4, 0.5) is 11.4 Å². The van der Waals surface area contributed by atoms with Crippen molar-refractivity contribution in [3.05, 3.63) is 24.3 Å². The highest BCUT2D eigenvalue weighted by Gasteiger charge is 2.25. The van der Waals surface area contributed by atoms with Crippen LogP contribution in [0.5, 0.6) is 0 Å². The summed E-state index contributed by atoms with van der Waals surface area (Å²) in [6, 6.07) is 7.40. The molecule has 4 nitrogen and oxygen atoms in total. The third-order valence-corrected chi connectivity index (χ3v) is 3.14. The molecule has 92 valence electrons. The highest BCUT2D eigenvalue weighted by atomic mass is 16.5. The summed E-state index contributed by atoms with van der Waals surface area (Å²) in [6.45, 7) is 1.29. The Morgan fingerprint density at radius 3 is 2.88 bits per heavy atom. The molecule has 17 heavy (non-hydrogen) atoms. The fraction of sp³-hybridized carbons (Fsp3) is 0.462. The minimum Gasteiger partial charge on any atom is -0.397 e. The van der Waals surface area contributed by atoms with Gasteiger partial charge in [-0.25, -0.2) is 0 Å². The first kappa shape index (κ1) is 11.9. The maximum atomic E-state index is 12.2. The molecule has 0 spiro atoms. The van der Waals surface area contributed by atoms with Crippen LogP contribution in [0.2, 0.25) is 0 Å². The van der Waals surface area contributed by atoms with Gasteiger partial charge in [0.2, 0.25) is 5.91 Å². The van der Waals surface area contributed by atoms with E-state index >= 15 is 0 Å². The molecule has 2 N–H and O–H groups in total. The van der Waals surface area contributed by atoms with Crippen LogP contribution < -0.4 is 10.6 Å².